The molecule has 1 atom stereocenters. The molecule has 0 radical (unpaired) electrons. The summed E-state index contributed by atoms with van der Waals surface area (Å²) in [5.74, 6) is -6.95. The summed E-state index contributed by atoms with van der Waals surface area (Å²) in [5.41, 5.74) is 0.997. The van der Waals surface area contributed by atoms with Crippen LogP contribution in [-0.2, 0) is 25.5 Å². The lowest BCUT2D eigenvalue weighted by molar-refractivity contribution is -0.154. The van der Waals surface area contributed by atoms with Crippen LogP contribution < -0.4 is 10.6 Å². The van der Waals surface area contributed by atoms with Gasteiger partial charge in [0.05, 0.1) is 18.7 Å². The Morgan fingerprint density at radius 2 is 1.81 bits per heavy atom. The van der Waals surface area contributed by atoms with Gasteiger partial charge in [0.15, 0.2) is 23.6 Å². The van der Waals surface area contributed by atoms with Crippen molar-refractivity contribution in [3.05, 3.63) is 65.6 Å². The fraction of sp³-hybridized carbons (Fsp3) is 0.190. The maximum Gasteiger partial charge on any atom is 0.311 e. The Kier molecular flexibility index (Phi) is 6.58. The number of nitrogens with one attached hydrogen (secondary N) is 3. The van der Waals surface area contributed by atoms with Crippen LogP contribution >= 0.6 is 0 Å². The maximum absolute atomic E-state index is 13.6. The van der Waals surface area contributed by atoms with Gasteiger partial charge in [-0.25, -0.2) is 13.2 Å². The van der Waals surface area contributed by atoms with Crippen LogP contribution in [0.15, 0.2) is 42.6 Å². The smallest absolute Gasteiger partial charge is 0.311 e. The second-order valence-corrected chi connectivity index (χ2v) is 6.66. The first kappa shape index (κ1) is 21.9. The Bertz CT molecular complexity index is 1150. The van der Waals surface area contributed by atoms with Gasteiger partial charge >= 0.3 is 5.97 Å². The number of hydrogen-bond donors (Lipinski definition) is 3. The highest BCUT2D eigenvalue weighted by molar-refractivity contribution is 5.95. The first-order valence-corrected chi connectivity index (χ1v) is 9.21. The average Bonchev–Trinajstić information content (AvgIpc) is 3.15. The van der Waals surface area contributed by atoms with Crippen molar-refractivity contribution in [1.82, 2.24) is 10.3 Å². The predicted octanol–water partition coefficient (Wildman–Crippen LogP) is 2.81. The molecule has 162 valence electrons. The molecule has 3 aromatic rings. The second-order valence-electron chi connectivity index (χ2n) is 6.66. The SMILES string of the molecule is C[C@@H](OC(=O)Cc1c[nH]c2ccccc12)C(=O)NCC(=O)Nc1ccc(F)c(F)c1F. The van der Waals surface area contributed by atoms with Gasteiger partial charge in [0.1, 0.15) is 0 Å². The van der Waals surface area contributed by atoms with Gasteiger partial charge in [-0.1, -0.05) is 18.2 Å². The van der Waals surface area contributed by atoms with E-state index in [1.807, 2.05) is 29.6 Å². The average molecular weight is 433 g/mol. The van der Waals surface area contributed by atoms with E-state index in [-0.39, 0.29) is 6.42 Å². The monoisotopic (exact) mass is 433 g/mol. The first-order chi connectivity index (χ1) is 14.8. The zero-order valence-corrected chi connectivity index (χ0v) is 16.3. The highest BCUT2D eigenvalue weighted by Crippen LogP contribution is 2.20. The Balaban J connectivity index is 1.48. The third-order valence-electron chi connectivity index (χ3n) is 4.42. The standard InChI is InChI=1S/C21H18F3N3O4/c1-11(31-18(29)8-12-9-25-15-5-3-2-4-13(12)15)21(30)26-10-17(28)27-16-7-6-14(22)19(23)20(16)24/h2-7,9,11,25H,8,10H2,1H3,(H,26,30)(H,27,28)/t11-/m1/s1. The van der Waals surface area contributed by atoms with Crippen molar-refractivity contribution >= 4 is 34.4 Å². The molecular formula is C21H18F3N3O4. The minimum absolute atomic E-state index is 0.0580. The Morgan fingerprint density at radius 3 is 2.58 bits per heavy atom. The van der Waals surface area contributed by atoms with E-state index in [9.17, 15) is 27.6 Å². The molecule has 0 fully saturated rings. The highest BCUT2D eigenvalue weighted by atomic mass is 19.2. The van der Waals surface area contributed by atoms with Gasteiger partial charge in [0.2, 0.25) is 5.91 Å². The summed E-state index contributed by atoms with van der Waals surface area (Å²) in [5, 5.41) is 5.09. The fourth-order valence-corrected chi connectivity index (χ4v) is 2.85. The number of carbonyl (C=O) groups excluding carboxylic acids is 3. The van der Waals surface area contributed by atoms with Crippen molar-refractivity contribution in [3.63, 3.8) is 0 Å². The number of anilines is 1. The Hall–Kier alpha value is -3.82. The molecule has 0 aliphatic rings. The summed E-state index contributed by atoms with van der Waals surface area (Å²) in [7, 11) is 0. The number of benzene rings is 2. The van der Waals surface area contributed by atoms with Crippen molar-refractivity contribution in [2.45, 2.75) is 19.4 Å². The van der Waals surface area contributed by atoms with Gasteiger partial charge in [-0.05, 0) is 30.7 Å². The van der Waals surface area contributed by atoms with E-state index in [1.165, 1.54) is 6.92 Å². The van der Waals surface area contributed by atoms with Crippen LogP contribution in [0.3, 0.4) is 0 Å². The fourth-order valence-electron chi connectivity index (χ4n) is 2.85. The van der Waals surface area contributed by atoms with Crippen LogP contribution in [0.4, 0.5) is 18.9 Å². The van der Waals surface area contributed by atoms with Crippen LogP contribution in [0.5, 0.6) is 0 Å². The summed E-state index contributed by atoms with van der Waals surface area (Å²) in [6.45, 7) is 0.733. The Morgan fingerprint density at radius 1 is 1.06 bits per heavy atom. The molecule has 0 bridgehead atoms. The summed E-state index contributed by atoms with van der Waals surface area (Å²) < 4.78 is 44.8. The first-order valence-electron chi connectivity index (χ1n) is 9.21. The van der Waals surface area contributed by atoms with Crippen molar-refractivity contribution in [2.24, 2.45) is 0 Å². The van der Waals surface area contributed by atoms with Gasteiger partial charge in [-0.2, -0.15) is 0 Å². The third kappa shape index (κ3) is 5.21. The molecule has 1 heterocycles. The molecule has 0 aliphatic carbocycles. The van der Waals surface area contributed by atoms with E-state index in [2.05, 4.69) is 10.3 Å². The van der Waals surface area contributed by atoms with E-state index in [1.54, 1.807) is 6.20 Å². The summed E-state index contributed by atoms with van der Waals surface area (Å²) in [6.07, 6.45) is 0.432. The molecule has 1 aromatic heterocycles. The topological polar surface area (TPSA) is 100 Å². The van der Waals surface area contributed by atoms with Gasteiger partial charge in [0, 0.05) is 17.1 Å². The number of rotatable bonds is 7. The minimum atomic E-state index is -1.72. The lowest BCUT2D eigenvalue weighted by Gasteiger charge is -2.13. The molecule has 0 saturated heterocycles. The number of para-hydroxylation sites is 1. The number of aromatic amines is 1. The largest absolute Gasteiger partial charge is 0.452 e. The molecule has 0 unspecified atom stereocenters. The molecule has 0 aliphatic heterocycles. The molecule has 0 spiro atoms. The van der Waals surface area contributed by atoms with Crippen LogP contribution in [-0.4, -0.2) is 35.4 Å². The molecule has 7 nitrogen and oxygen atoms in total. The second kappa shape index (κ2) is 9.33. The van der Waals surface area contributed by atoms with Crippen LogP contribution in [0.1, 0.15) is 12.5 Å². The number of amides is 2. The summed E-state index contributed by atoms with van der Waals surface area (Å²) >= 11 is 0. The lowest BCUT2D eigenvalue weighted by Crippen LogP contribution is -2.40. The molecule has 0 saturated carbocycles. The van der Waals surface area contributed by atoms with Crippen molar-refractivity contribution < 1.29 is 32.3 Å². The number of ether oxygens (including phenoxy) is 1. The van der Waals surface area contributed by atoms with Crippen LogP contribution in [0.2, 0.25) is 0 Å². The third-order valence-corrected chi connectivity index (χ3v) is 4.42. The summed E-state index contributed by atoms with van der Waals surface area (Å²) in [6, 6.07) is 8.89. The zero-order valence-electron chi connectivity index (χ0n) is 16.3. The van der Waals surface area contributed by atoms with E-state index >= 15 is 0 Å². The molecule has 10 heteroatoms. The number of aromatic nitrogens is 1. The van der Waals surface area contributed by atoms with E-state index in [4.69, 9.17) is 4.74 Å². The number of carbonyl (C=O) groups is 3. The number of esters is 1. The predicted molar refractivity (Wildman–Crippen MR) is 106 cm³/mol. The lowest BCUT2D eigenvalue weighted by atomic mass is 10.1. The quantitative estimate of drug-likeness (QED) is 0.394. The van der Waals surface area contributed by atoms with E-state index in [0.717, 1.165) is 17.0 Å². The van der Waals surface area contributed by atoms with Crippen molar-refractivity contribution in [1.29, 1.82) is 0 Å². The number of halogens is 3. The van der Waals surface area contributed by atoms with Gasteiger partial charge in [0.25, 0.3) is 5.91 Å². The summed E-state index contributed by atoms with van der Waals surface area (Å²) in [4.78, 5) is 39.1. The van der Waals surface area contributed by atoms with Crippen molar-refractivity contribution in [3.8, 4) is 0 Å². The molecule has 2 amide bonds. The highest BCUT2D eigenvalue weighted by Gasteiger charge is 2.20. The normalized spacial score (nSPS) is 11.7. The van der Waals surface area contributed by atoms with Crippen LogP contribution in [0.25, 0.3) is 10.9 Å². The molecule has 3 N–H and O–H groups in total. The van der Waals surface area contributed by atoms with Gasteiger partial charge in [-0.3, -0.25) is 14.4 Å². The van der Waals surface area contributed by atoms with Crippen molar-refractivity contribution in [2.75, 3.05) is 11.9 Å². The number of fused-ring (bicyclic) bond motifs is 1. The van der Waals surface area contributed by atoms with E-state index in [0.29, 0.717) is 11.6 Å². The van der Waals surface area contributed by atoms with Crippen LogP contribution in [0, 0.1) is 17.5 Å². The molecular weight excluding hydrogens is 415 g/mol. The number of H-pyrrole nitrogens is 1. The minimum Gasteiger partial charge on any atom is -0.452 e. The number of hydrogen-bond acceptors (Lipinski definition) is 4. The van der Waals surface area contributed by atoms with Gasteiger partial charge < -0.3 is 20.4 Å². The Labute approximate surface area is 174 Å². The molecule has 3 rings (SSSR count). The molecule has 31 heavy (non-hydrogen) atoms. The molecule has 2 aromatic carbocycles. The van der Waals surface area contributed by atoms with Gasteiger partial charge in [-0.15, -0.1) is 0 Å². The maximum atomic E-state index is 13.6. The zero-order chi connectivity index (χ0) is 22.5. The van der Waals surface area contributed by atoms with E-state index < -0.39 is 53.6 Å².